The summed E-state index contributed by atoms with van der Waals surface area (Å²) < 4.78 is 43.5. The summed E-state index contributed by atoms with van der Waals surface area (Å²) in [6, 6.07) is 3.15. The van der Waals surface area contributed by atoms with Crippen LogP contribution in [-0.2, 0) is 10.9 Å². The maximum atomic E-state index is 13.0. The number of amides is 1. The highest BCUT2D eigenvalue weighted by molar-refractivity contribution is 7.17. The first-order chi connectivity index (χ1) is 9.93. The number of methoxy groups -OCH3 is 1. The highest BCUT2D eigenvalue weighted by Crippen LogP contribution is 2.37. The Balaban J connectivity index is 2.43. The van der Waals surface area contributed by atoms with Gasteiger partial charge in [0.25, 0.3) is 5.91 Å². The smallest absolute Gasteiger partial charge is 0.364 e. The van der Waals surface area contributed by atoms with Gasteiger partial charge in [0, 0.05) is 25.1 Å². The second-order valence-electron chi connectivity index (χ2n) is 3.88. The largest absolute Gasteiger partial charge is 0.435 e. The lowest BCUT2D eigenvalue weighted by atomic mass is 10.3. The van der Waals surface area contributed by atoms with Crippen LogP contribution in [0.2, 0.25) is 0 Å². The Kier molecular flexibility index (Phi) is 4.53. The van der Waals surface area contributed by atoms with Crippen molar-refractivity contribution in [2.45, 2.75) is 6.18 Å². The fraction of sp³-hybridized carbons (Fsp3) is 0.250. The van der Waals surface area contributed by atoms with Crippen LogP contribution >= 0.6 is 11.3 Å². The molecule has 2 aromatic rings. The summed E-state index contributed by atoms with van der Waals surface area (Å²) >= 11 is 0.659. The summed E-state index contributed by atoms with van der Waals surface area (Å²) in [5.41, 5.74) is -0.793. The monoisotopic (exact) mass is 317 g/mol. The first-order valence-corrected chi connectivity index (χ1v) is 6.50. The zero-order valence-electron chi connectivity index (χ0n) is 10.8. The van der Waals surface area contributed by atoms with Gasteiger partial charge in [-0.1, -0.05) is 0 Å². The Bertz CT molecular complexity index is 628. The van der Waals surface area contributed by atoms with Crippen molar-refractivity contribution in [2.75, 3.05) is 13.8 Å². The van der Waals surface area contributed by atoms with E-state index < -0.39 is 22.7 Å². The molecule has 0 aromatic carbocycles. The van der Waals surface area contributed by atoms with Gasteiger partial charge in [-0.25, -0.2) is 4.98 Å². The molecule has 1 N–H and O–H groups in total. The number of rotatable bonds is 4. The van der Waals surface area contributed by atoms with Gasteiger partial charge in [0.05, 0.1) is 0 Å². The number of aromatic nitrogens is 2. The third-order valence-electron chi connectivity index (χ3n) is 2.39. The predicted molar refractivity (Wildman–Crippen MR) is 69.7 cm³/mol. The lowest BCUT2D eigenvalue weighted by Gasteiger charge is -2.06. The first kappa shape index (κ1) is 15.4. The van der Waals surface area contributed by atoms with E-state index in [4.69, 9.17) is 0 Å². The maximum Gasteiger partial charge on any atom is 0.435 e. The summed E-state index contributed by atoms with van der Waals surface area (Å²) in [6.45, 7) is -0.184. The van der Waals surface area contributed by atoms with Gasteiger partial charge in [-0.05, 0) is 12.1 Å². The molecular weight excluding hydrogens is 307 g/mol. The van der Waals surface area contributed by atoms with E-state index >= 15 is 0 Å². The van der Waals surface area contributed by atoms with E-state index in [9.17, 15) is 18.0 Å². The second-order valence-corrected chi connectivity index (χ2v) is 4.87. The van der Waals surface area contributed by atoms with Crippen LogP contribution < -0.4 is 5.32 Å². The average molecular weight is 317 g/mol. The van der Waals surface area contributed by atoms with Gasteiger partial charge in [-0.2, -0.15) is 13.2 Å². The van der Waals surface area contributed by atoms with Gasteiger partial charge in [-0.15, -0.1) is 11.3 Å². The molecule has 0 bridgehead atoms. The van der Waals surface area contributed by atoms with E-state index in [1.807, 2.05) is 0 Å². The molecule has 0 aliphatic heterocycles. The minimum Gasteiger partial charge on any atom is -0.364 e. The number of thiazole rings is 1. The van der Waals surface area contributed by atoms with Crippen molar-refractivity contribution in [3.05, 3.63) is 35.1 Å². The van der Waals surface area contributed by atoms with E-state index in [0.29, 0.717) is 16.9 Å². The van der Waals surface area contributed by atoms with Crippen molar-refractivity contribution in [1.29, 1.82) is 0 Å². The number of hydrogen-bond acceptors (Lipinski definition) is 5. The summed E-state index contributed by atoms with van der Waals surface area (Å²) in [5, 5.41) is 2.30. The van der Waals surface area contributed by atoms with Gasteiger partial charge in [-0.3, -0.25) is 9.78 Å². The fourth-order valence-corrected chi connectivity index (χ4v) is 2.49. The summed E-state index contributed by atoms with van der Waals surface area (Å²) in [5.74, 6) is -0.878. The Morgan fingerprint density at radius 3 is 2.81 bits per heavy atom. The number of halogens is 3. The third kappa shape index (κ3) is 3.56. The third-order valence-corrected chi connectivity index (χ3v) is 3.49. The number of pyridine rings is 1. The van der Waals surface area contributed by atoms with Crippen molar-refractivity contribution in [3.63, 3.8) is 0 Å². The highest BCUT2D eigenvalue weighted by Gasteiger charge is 2.39. The maximum absolute atomic E-state index is 13.0. The topological polar surface area (TPSA) is 64.1 Å². The molecular formula is C12H10F3N3O2S. The summed E-state index contributed by atoms with van der Waals surface area (Å²) in [4.78, 5) is 18.6. The van der Waals surface area contributed by atoms with Gasteiger partial charge >= 0.3 is 6.18 Å². The Labute approximate surface area is 121 Å². The lowest BCUT2D eigenvalue weighted by Crippen LogP contribution is -2.26. The van der Waals surface area contributed by atoms with Gasteiger partial charge < -0.3 is 10.1 Å². The molecule has 2 aromatic heterocycles. The van der Waals surface area contributed by atoms with E-state index in [2.05, 4.69) is 20.0 Å². The van der Waals surface area contributed by atoms with Crippen LogP contribution in [0.25, 0.3) is 10.6 Å². The van der Waals surface area contributed by atoms with Crippen molar-refractivity contribution in [3.8, 4) is 10.6 Å². The molecule has 9 heteroatoms. The molecule has 0 radical (unpaired) electrons. The minimum atomic E-state index is -4.71. The Morgan fingerprint density at radius 1 is 1.48 bits per heavy atom. The molecule has 2 rings (SSSR count). The molecule has 2 heterocycles. The minimum absolute atomic E-state index is 0.0815. The second kappa shape index (κ2) is 6.19. The van der Waals surface area contributed by atoms with Crippen LogP contribution in [0.15, 0.2) is 24.5 Å². The first-order valence-electron chi connectivity index (χ1n) is 5.69. The molecule has 0 atom stereocenters. The summed E-state index contributed by atoms with van der Waals surface area (Å²) in [6.07, 6.45) is -1.83. The number of carbonyl (C=O) groups is 1. The predicted octanol–water partition coefficient (Wildman–Crippen LogP) is 2.56. The SMILES string of the molecule is COCNC(=O)c1sc(-c2cccnc2)nc1C(F)(F)F. The number of nitrogens with one attached hydrogen (secondary N) is 1. The molecule has 21 heavy (non-hydrogen) atoms. The number of hydrogen-bond donors (Lipinski definition) is 1. The number of alkyl halides is 3. The molecule has 1 amide bonds. The molecule has 0 aliphatic carbocycles. The molecule has 5 nitrogen and oxygen atoms in total. The van der Waals surface area contributed by atoms with E-state index in [1.165, 1.54) is 19.5 Å². The summed E-state index contributed by atoms with van der Waals surface area (Å²) in [7, 11) is 1.32. The molecule has 0 unspecified atom stereocenters. The molecule has 112 valence electrons. The number of carbonyl (C=O) groups excluding carboxylic acids is 1. The van der Waals surface area contributed by atoms with Gasteiger partial charge in [0.1, 0.15) is 16.6 Å². The molecule has 0 saturated heterocycles. The molecule has 0 spiro atoms. The van der Waals surface area contributed by atoms with Crippen LogP contribution in [0.1, 0.15) is 15.4 Å². The van der Waals surface area contributed by atoms with E-state index in [1.54, 1.807) is 12.1 Å². The zero-order chi connectivity index (χ0) is 15.5. The van der Waals surface area contributed by atoms with Crippen molar-refractivity contribution >= 4 is 17.2 Å². The fourth-order valence-electron chi connectivity index (χ4n) is 1.50. The van der Waals surface area contributed by atoms with Crippen LogP contribution in [0.5, 0.6) is 0 Å². The van der Waals surface area contributed by atoms with Gasteiger partial charge in [0.2, 0.25) is 0 Å². The number of nitrogens with zero attached hydrogens (tertiary/aromatic N) is 2. The van der Waals surface area contributed by atoms with Crippen LogP contribution in [0.3, 0.4) is 0 Å². The quantitative estimate of drug-likeness (QED) is 0.880. The zero-order valence-corrected chi connectivity index (χ0v) is 11.6. The molecule has 0 aliphatic rings. The van der Waals surface area contributed by atoms with Crippen LogP contribution in [-0.4, -0.2) is 29.7 Å². The standard InChI is InChI=1S/C12H10F3N3O2S/c1-20-6-17-10(19)8-9(12(13,14)15)18-11(21-8)7-3-2-4-16-5-7/h2-5H,6H2,1H3,(H,17,19). The highest BCUT2D eigenvalue weighted by atomic mass is 32.1. The Hall–Kier alpha value is -2.00. The normalized spacial score (nSPS) is 11.4. The van der Waals surface area contributed by atoms with E-state index in [-0.39, 0.29) is 11.7 Å². The van der Waals surface area contributed by atoms with Crippen molar-refractivity contribution in [1.82, 2.24) is 15.3 Å². The molecule has 0 saturated carbocycles. The number of ether oxygens (including phenoxy) is 1. The lowest BCUT2D eigenvalue weighted by molar-refractivity contribution is -0.141. The van der Waals surface area contributed by atoms with Crippen molar-refractivity contribution < 1.29 is 22.7 Å². The molecule has 0 fully saturated rings. The van der Waals surface area contributed by atoms with Crippen LogP contribution in [0, 0.1) is 0 Å². The van der Waals surface area contributed by atoms with Crippen LogP contribution in [0.4, 0.5) is 13.2 Å². The van der Waals surface area contributed by atoms with E-state index in [0.717, 1.165) is 0 Å². The van der Waals surface area contributed by atoms with Crippen molar-refractivity contribution in [2.24, 2.45) is 0 Å². The van der Waals surface area contributed by atoms with Gasteiger partial charge in [0.15, 0.2) is 5.69 Å². The average Bonchev–Trinajstić information content (AvgIpc) is 2.91. The Morgan fingerprint density at radius 2 is 2.24 bits per heavy atom.